The van der Waals surface area contributed by atoms with E-state index in [0.717, 1.165) is 18.6 Å². The van der Waals surface area contributed by atoms with E-state index in [1.165, 1.54) is 0 Å². The van der Waals surface area contributed by atoms with Gasteiger partial charge < -0.3 is 15.2 Å². The quantitative estimate of drug-likeness (QED) is 0.740. The van der Waals surface area contributed by atoms with Crippen molar-refractivity contribution in [3.05, 3.63) is 23.4 Å². The fourth-order valence-corrected chi connectivity index (χ4v) is 1.63. The summed E-state index contributed by atoms with van der Waals surface area (Å²) < 4.78 is 6.77. The Kier molecular flexibility index (Phi) is 4.74. The van der Waals surface area contributed by atoms with Crippen molar-refractivity contribution in [1.29, 1.82) is 0 Å². The minimum absolute atomic E-state index is 0.0577. The third-order valence-corrected chi connectivity index (χ3v) is 2.50. The van der Waals surface area contributed by atoms with Crippen LogP contribution >= 0.6 is 11.6 Å². The lowest BCUT2D eigenvalue weighted by Gasteiger charge is -2.02. The molecule has 0 aliphatic carbocycles. The van der Waals surface area contributed by atoms with Crippen LogP contribution in [-0.2, 0) is 4.74 Å². The summed E-state index contributed by atoms with van der Waals surface area (Å²) in [6.07, 6.45) is 2.54. The van der Waals surface area contributed by atoms with Crippen LogP contribution in [0, 0.1) is 0 Å². The Balaban J connectivity index is 1.81. The molecule has 2 aromatic rings. The van der Waals surface area contributed by atoms with E-state index in [1.54, 1.807) is 16.8 Å². The van der Waals surface area contributed by atoms with Gasteiger partial charge in [0.1, 0.15) is 0 Å². The van der Waals surface area contributed by atoms with E-state index < -0.39 is 0 Å². The van der Waals surface area contributed by atoms with Crippen LogP contribution in [0.1, 0.15) is 6.42 Å². The van der Waals surface area contributed by atoms with Crippen molar-refractivity contribution in [2.75, 3.05) is 31.7 Å². The van der Waals surface area contributed by atoms with Crippen LogP contribution in [0.3, 0.4) is 0 Å². The number of rotatable bonds is 7. The normalized spacial score (nSPS) is 11.0. The Bertz CT molecular complexity index is 503. The highest BCUT2D eigenvalue weighted by atomic mass is 35.5. The van der Waals surface area contributed by atoms with Crippen LogP contribution in [0.4, 0.5) is 5.95 Å². The van der Waals surface area contributed by atoms with E-state index in [-0.39, 0.29) is 6.61 Å². The maximum atomic E-state index is 8.53. The van der Waals surface area contributed by atoms with E-state index in [0.29, 0.717) is 24.2 Å². The number of aliphatic hydroxyl groups is 1. The molecule has 0 atom stereocenters. The van der Waals surface area contributed by atoms with Crippen molar-refractivity contribution >= 4 is 23.2 Å². The Morgan fingerprint density at radius 3 is 3.11 bits per heavy atom. The second-order valence-corrected chi connectivity index (χ2v) is 4.14. The van der Waals surface area contributed by atoms with Gasteiger partial charge >= 0.3 is 0 Å². The Morgan fingerprint density at radius 1 is 1.39 bits per heavy atom. The molecule has 7 heteroatoms. The molecule has 0 aromatic carbocycles. The molecule has 0 amide bonds. The molecule has 0 radical (unpaired) electrons. The Morgan fingerprint density at radius 2 is 2.28 bits per heavy atom. The van der Waals surface area contributed by atoms with Gasteiger partial charge in [-0.2, -0.15) is 4.98 Å². The number of fused-ring (bicyclic) bond motifs is 1. The minimum atomic E-state index is 0.0577. The molecule has 0 bridgehead atoms. The summed E-state index contributed by atoms with van der Waals surface area (Å²) in [4.78, 5) is 4.29. The van der Waals surface area contributed by atoms with Gasteiger partial charge in [0.15, 0.2) is 5.65 Å². The van der Waals surface area contributed by atoms with Gasteiger partial charge in [0, 0.05) is 19.3 Å². The first-order valence-corrected chi connectivity index (χ1v) is 6.12. The molecule has 0 aliphatic heterocycles. The molecule has 2 rings (SSSR count). The van der Waals surface area contributed by atoms with Crippen LogP contribution in [0.5, 0.6) is 0 Å². The molecule has 0 saturated heterocycles. The molecule has 0 spiro atoms. The summed E-state index contributed by atoms with van der Waals surface area (Å²) in [6, 6.07) is 3.59. The van der Waals surface area contributed by atoms with Crippen molar-refractivity contribution in [3.63, 3.8) is 0 Å². The number of anilines is 1. The lowest BCUT2D eigenvalue weighted by atomic mass is 10.4. The van der Waals surface area contributed by atoms with E-state index in [4.69, 9.17) is 21.4 Å². The zero-order valence-corrected chi connectivity index (χ0v) is 10.6. The minimum Gasteiger partial charge on any atom is -0.394 e. The van der Waals surface area contributed by atoms with Crippen LogP contribution < -0.4 is 5.32 Å². The third-order valence-electron chi connectivity index (χ3n) is 2.28. The third kappa shape index (κ3) is 3.56. The highest BCUT2D eigenvalue weighted by Crippen LogP contribution is 2.11. The largest absolute Gasteiger partial charge is 0.394 e. The van der Waals surface area contributed by atoms with Crippen LogP contribution in [0.15, 0.2) is 18.3 Å². The Hall–Kier alpha value is -1.37. The van der Waals surface area contributed by atoms with Gasteiger partial charge in [-0.25, -0.2) is 4.52 Å². The van der Waals surface area contributed by atoms with Crippen molar-refractivity contribution in [2.45, 2.75) is 6.42 Å². The number of hydrogen-bond donors (Lipinski definition) is 2. The van der Waals surface area contributed by atoms with Crippen molar-refractivity contribution in [2.24, 2.45) is 0 Å². The molecule has 18 heavy (non-hydrogen) atoms. The number of nitrogens with zero attached hydrogens (tertiary/aromatic N) is 3. The number of halogens is 1. The lowest BCUT2D eigenvalue weighted by molar-refractivity contribution is 0.0921. The van der Waals surface area contributed by atoms with Gasteiger partial charge in [-0.3, -0.25) is 0 Å². The molecule has 98 valence electrons. The number of nitrogens with one attached hydrogen (secondary N) is 1. The SMILES string of the molecule is OCCOCCCNc1nc2ccc(Cl)cn2n1. The van der Waals surface area contributed by atoms with Crippen molar-refractivity contribution in [3.8, 4) is 0 Å². The fraction of sp³-hybridized carbons (Fsp3) is 0.455. The highest BCUT2D eigenvalue weighted by Gasteiger charge is 2.02. The molecular formula is C11H15ClN4O2. The van der Waals surface area contributed by atoms with Crippen LogP contribution in [-0.4, -0.2) is 46.1 Å². The summed E-state index contributed by atoms with van der Waals surface area (Å²) >= 11 is 5.86. The Labute approximate surface area is 110 Å². The van der Waals surface area contributed by atoms with E-state index in [2.05, 4.69) is 15.4 Å². The van der Waals surface area contributed by atoms with E-state index >= 15 is 0 Å². The summed E-state index contributed by atoms with van der Waals surface area (Å²) in [7, 11) is 0. The molecular weight excluding hydrogens is 256 g/mol. The molecule has 2 heterocycles. The number of aliphatic hydroxyl groups excluding tert-OH is 1. The lowest BCUT2D eigenvalue weighted by Crippen LogP contribution is -2.08. The number of aromatic nitrogens is 3. The second-order valence-electron chi connectivity index (χ2n) is 3.70. The van der Waals surface area contributed by atoms with Gasteiger partial charge in [-0.05, 0) is 18.6 Å². The van der Waals surface area contributed by atoms with Gasteiger partial charge in [-0.1, -0.05) is 11.6 Å². The average Bonchev–Trinajstić information content (AvgIpc) is 2.75. The molecule has 0 fully saturated rings. The first kappa shape index (κ1) is 13.1. The fourth-order valence-electron chi connectivity index (χ4n) is 1.47. The molecule has 0 saturated carbocycles. The maximum Gasteiger partial charge on any atom is 0.243 e. The number of hydrogen-bond acceptors (Lipinski definition) is 5. The van der Waals surface area contributed by atoms with Crippen molar-refractivity contribution < 1.29 is 9.84 Å². The molecule has 2 N–H and O–H groups in total. The summed E-state index contributed by atoms with van der Waals surface area (Å²) in [6.45, 7) is 1.76. The molecule has 0 aliphatic rings. The molecule has 6 nitrogen and oxygen atoms in total. The predicted octanol–water partition coefficient (Wildman–Crippen LogP) is 1.19. The predicted molar refractivity (Wildman–Crippen MR) is 69.0 cm³/mol. The van der Waals surface area contributed by atoms with Gasteiger partial charge in [0.05, 0.1) is 18.2 Å². The van der Waals surface area contributed by atoms with Gasteiger partial charge in [-0.15, -0.1) is 5.10 Å². The smallest absolute Gasteiger partial charge is 0.243 e. The molecule has 2 aromatic heterocycles. The second kappa shape index (κ2) is 6.53. The zero-order chi connectivity index (χ0) is 12.8. The van der Waals surface area contributed by atoms with E-state index in [1.807, 2.05) is 6.07 Å². The van der Waals surface area contributed by atoms with Crippen LogP contribution in [0.2, 0.25) is 5.02 Å². The zero-order valence-electron chi connectivity index (χ0n) is 9.84. The monoisotopic (exact) mass is 270 g/mol. The topological polar surface area (TPSA) is 71.7 Å². The van der Waals surface area contributed by atoms with Gasteiger partial charge in [0.25, 0.3) is 0 Å². The number of ether oxygens (including phenoxy) is 1. The maximum absolute atomic E-state index is 8.53. The van der Waals surface area contributed by atoms with E-state index in [9.17, 15) is 0 Å². The van der Waals surface area contributed by atoms with Crippen molar-refractivity contribution in [1.82, 2.24) is 14.6 Å². The number of pyridine rings is 1. The highest BCUT2D eigenvalue weighted by molar-refractivity contribution is 6.30. The molecule has 0 unspecified atom stereocenters. The van der Waals surface area contributed by atoms with Gasteiger partial charge in [0.2, 0.25) is 5.95 Å². The van der Waals surface area contributed by atoms with Crippen LogP contribution in [0.25, 0.3) is 5.65 Å². The first-order valence-electron chi connectivity index (χ1n) is 5.74. The average molecular weight is 271 g/mol. The summed E-state index contributed by atoms with van der Waals surface area (Å²) in [5.74, 6) is 0.569. The first-order chi connectivity index (χ1) is 8.79. The standard InChI is InChI=1S/C11H15ClN4O2/c12-9-2-3-10-14-11(15-16(10)8-9)13-4-1-6-18-7-5-17/h2-3,8,17H,1,4-7H2,(H,13,15). The summed E-state index contributed by atoms with van der Waals surface area (Å²) in [5.41, 5.74) is 0.749. The summed E-state index contributed by atoms with van der Waals surface area (Å²) in [5, 5.41) is 16.5.